The monoisotopic (exact) mass is 351 g/mol. The average molecular weight is 352 g/mol. The van der Waals surface area contributed by atoms with Crippen LogP contribution < -0.4 is 10.6 Å². The number of nitrogens with two attached hydrogens (primary N) is 1. The van der Waals surface area contributed by atoms with Gasteiger partial charge in [-0.1, -0.05) is 18.3 Å². The molecule has 5 nitrogen and oxygen atoms in total. The summed E-state index contributed by atoms with van der Waals surface area (Å²) in [6.07, 6.45) is 7.47. The van der Waals surface area contributed by atoms with Crippen molar-refractivity contribution in [3.8, 4) is 0 Å². The van der Waals surface area contributed by atoms with Gasteiger partial charge in [0.25, 0.3) is 0 Å². The number of halogens is 1. The third-order valence-corrected chi connectivity index (χ3v) is 3.44. The lowest BCUT2D eigenvalue weighted by atomic mass is 10.2. The number of hydrogen-bond donors (Lipinski definition) is 1. The summed E-state index contributed by atoms with van der Waals surface area (Å²) < 4.78 is 0.840. The minimum atomic E-state index is 0.492. The van der Waals surface area contributed by atoms with Gasteiger partial charge < -0.3 is 10.6 Å². The predicted molar refractivity (Wildman–Crippen MR) is 86.4 cm³/mol. The lowest BCUT2D eigenvalue weighted by Gasteiger charge is -2.24. The summed E-state index contributed by atoms with van der Waals surface area (Å²) in [6.45, 7) is 1.38. The molecule has 0 bridgehead atoms. The van der Waals surface area contributed by atoms with E-state index in [9.17, 15) is 0 Å². The van der Waals surface area contributed by atoms with Crippen molar-refractivity contribution in [1.82, 2.24) is 15.0 Å². The number of rotatable bonds is 6. The van der Waals surface area contributed by atoms with E-state index in [-0.39, 0.29) is 0 Å². The fourth-order valence-electron chi connectivity index (χ4n) is 1.76. The summed E-state index contributed by atoms with van der Waals surface area (Å²) in [5.74, 6) is 0.820. The number of thiocarbonyl (C=S) groups is 1. The molecule has 0 unspecified atom stereocenters. The van der Waals surface area contributed by atoms with E-state index in [4.69, 9.17) is 18.0 Å². The van der Waals surface area contributed by atoms with E-state index in [1.807, 2.05) is 18.3 Å². The Kier molecular flexibility index (Phi) is 5.37. The maximum atomic E-state index is 5.60. The van der Waals surface area contributed by atoms with E-state index < -0.39 is 0 Å². The summed E-state index contributed by atoms with van der Waals surface area (Å²) in [5, 5.41) is 0. The van der Waals surface area contributed by atoms with Gasteiger partial charge >= 0.3 is 0 Å². The first-order valence-electron chi connectivity index (χ1n) is 6.04. The van der Waals surface area contributed by atoms with Crippen LogP contribution in [0.5, 0.6) is 0 Å². The summed E-state index contributed by atoms with van der Waals surface area (Å²) in [6, 6.07) is 3.94. The van der Waals surface area contributed by atoms with Crippen LogP contribution in [0.2, 0.25) is 0 Å². The number of hydrogen-bond acceptors (Lipinski definition) is 5. The summed E-state index contributed by atoms with van der Waals surface area (Å²) in [4.78, 5) is 15.0. The molecule has 0 amide bonds. The second-order valence-corrected chi connectivity index (χ2v) is 5.57. The minimum absolute atomic E-state index is 0.492. The number of pyridine rings is 1. The van der Waals surface area contributed by atoms with Gasteiger partial charge in [-0.05, 0) is 27.6 Å². The molecule has 0 aromatic carbocycles. The molecule has 0 fully saturated rings. The number of anilines is 1. The SMILES string of the molecule is NC(=S)CCN(Cc1cccnc1)c1ncncc1Br. The zero-order valence-corrected chi connectivity index (χ0v) is 13.1. The third-order valence-electron chi connectivity index (χ3n) is 2.67. The lowest BCUT2D eigenvalue weighted by molar-refractivity contribution is 0.782. The van der Waals surface area contributed by atoms with Gasteiger partial charge in [0.05, 0.1) is 9.46 Å². The van der Waals surface area contributed by atoms with Crippen LogP contribution in [0.15, 0.2) is 41.5 Å². The third kappa shape index (κ3) is 4.21. The Balaban J connectivity index is 2.20. The Morgan fingerprint density at radius 3 is 2.85 bits per heavy atom. The molecule has 0 aliphatic heterocycles. The topological polar surface area (TPSA) is 67.9 Å². The van der Waals surface area contributed by atoms with Crippen LogP contribution >= 0.6 is 28.1 Å². The minimum Gasteiger partial charge on any atom is -0.393 e. The van der Waals surface area contributed by atoms with Crippen molar-refractivity contribution in [2.75, 3.05) is 11.4 Å². The van der Waals surface area contributed by atoms with Gasteiger partial charge in [-0.15, -0.1) is 0 Å². The van der Waals surface area contributed by atoms with Crippen LogP contribution in [-0.2, 0) is 6.54 Å². The van der Waals surface area contributed by atoms with Crippen molar-refractivity contribution < 1.29 is 0 Å². The van der Waals surface area contributed by atoms with Gasteiger partial charge in [-0.3, -0.25) is 4.98 Å². The molecule has 0 saturated heterocycles. The number of aromatic nitrogens is 3. The van der Waals surface area contributed by atoms with Gasteiger partial charge in [0, 0.05) is 38.1 Å². The van der Waals surface area contributed by atoms with Gasteiger partial charge in [-0.25, -0.2) is 9.97 Å². The second kappa shape index (κ2) is 7.25. The molecular formula is C13H14BrN5S. The Morgan fingerprint density at radius 2 is 2.20 bits per heavy atom. The van der Waals surface area contributed by atoms with Crippen LogP contribution in [0.4, 0.5) is 5.82 Å². The highest BCUT2D eigenvalue weighted by atomic mass is 79.9. The first-order chi connectivity index (χ1) is 9.66. The van der Waals surface area contributed by atoms with Crippen LogP contribution in [0.25, 0.3) is 0 Å². The molecule has 104 valence electrons. The number of nitrogens with zero attached hydrogens (tertiary/aromatic N) is 4. The highest BCUT2D eigenvalue weighted by Gasteiger charge is 2.12. The van der Waals surface area contributed by atoms with Crippen LogP contribution in [0.1, 0.15) is 12.0 Å². The van der Waals surface area contributed by atoms with E-state index >= 15 is 0 Å². The Morgan fingerprint density at radius 1 is 1.35 bits per heavy atom. The van der Waals surface area contributed by atoms with E-state index in [0.717, 1.165) is 15.9 Å². The predicted octanol–water partition coefficient (Wildman–Crippen LogP) is 2.32. The molecule has 2 aromatic rings. The highest BCUT2D eigenvalue weighted by Crippen LogP contribution is 2.23. The van der Waals surface area contributed by atoms with Crippen molar-refractivity contribution in [2.45, 2.75) is 13.0 Å². The Labute approximate surface area is 131 Å². The van der Waals surface area contributed by atoms with Gasteiger partial charge in [0.15, 0.2) is 0 Å². The van der Waals surface area contributed by atoms with Gasteiger partial charge in [0.2, 0.25) is 0 Å². The molecular weight excluding hydrogens is 338 g/mol. The highest BCUT2D eigenvalue weighted by molar-refractivity contribution is 9.10. The van der Waals surface area contributed by atoms with Crippen LogP contribution in [-0.4, -0.2) is 26.5 Å². The molecule has 2 heterocycles. The zero-order valence-electron chi connectivity index (χ0n) is 10.7. The van der Waals surface area contributed by atoms with Crippen molar-refractivity contribution in [2.24, 2.45) is 5.73 Å². The van der Waals surface area contributed by atoms with E-state index in [1.54, 1.807) is 12.4 Å². The summed E-state index contributed by atoms with van der Waals surface area (Å²) >= 11 is 8.43. The Hall–Kier alpha value is -1.60. The average Bonchev–Trinajstić information content (AvgIpc) is 2.45. The first kappa shape index (κ1) is 14.8. The standard InChI is InChI=1S/C13H14BrN5S/c14-11-7-17-9-18-13(11)19(5-3-12(15)20)8-10-2-1-4-16-6-10/h1-2,4,6-7,9H,3,5,8H2,(H2,15,20). The van der Waals surface area contributed by atoms with E-state index in [0.29, 0.717) is 24.5 Å². The maximum absolute atomic E-state index is 5.60. The molecule has 2 aromatic heterocycles. The van der Waals surface area contributed by atoms with Crippen molar-refractivity contribution in [1.29, 1.82) is 0 Å². The smallest absolute Gasteiger partial charge is 0.146 e. The van der Waals surface area contributed by atoms with Crippen LogP contribution in [0.3, 0.4) is 0 Å². The maximum Gasteiger partial charge on any atom is 0.146 e. The molecule has 0 saturated carbocycles. The molecule has 2 N–H and O–H groups in total. The fourth-order valence-corrected chi connectivity index (χ4v) is 2.32. The molecule has 0 spiro atoms. The Bertz CT molecular complexity index is 578. The van der Waals surface area contributed by atoms with Gasteiger partial charge in [0.1, 0.15) is 12.1 Å². The van der Waals surface area contributed by atoms with Gasteiger partial charge in [-0.2, -0.15) is 0 Å². The van der Waals surface area contributed by atoms with Crippen LogP contribution in [0, 0.1) is 0 Å². The van der Waals surface area contributed by atoms with Crippen molar-refractivity contribution in [3.05, 3.63) is 47.1 Å². The molecule has 0 aliphatic rings. The molecule has 20 heavy (non-hydrogen) atoms. The van der Waals surface area contributed by atoms with E-state index in [2.05, 4.69) is 35.8 Å². The lowest BCUT2D eigenvalue weighted by Crippen LogP contribution is -2.28. The zero-order chi connectivity index (χ0) is 14.4. The first-order valence-corrected chi connectivity index (χ1v) is 7.24. The molecule has 2 rings (SSSR count). The summed E-state index contributed by atoms with van der Waals surface area (Å²) in [7, 11) is 0. The normalized spacial score (nSPS) is 10.2. The molecule has 0 radical (unpaired) electrons. The fraction of sp³-hybridized carbons (Fsp3) is 0.231. The summed E-state index contributed by atoms with van der Waals surface area (Å²) in [5.41, 5.74) is 6.70. The quantitative estimate of drug-likeness (QED) is 0.805. The van der Waals surface area contributed by atoms with E-state index in [1.165, 1.54) is 6.33 Å². The van der Waals surface area contributed by atoms with Crippen molar-refractivity contribution >= 4 is 39.0 Å². The molecule has 0 aliphatic carbocycles. The largest absolute Gasteiger partial charge is 0.393 e. The molecule has 0 atom stereocenters. The second-order valence-electron chi connectivity index (χ2n) is 4.19. The van der Waals surface area contributed by atoms with Crippen molar-refractivity contribution in [3.63, 3.8) is 0 Å². The molecule has 7 heteroatoms.